The lowest BCUT2D eigenvalue weighted by Crippen LogP contribution is -2.37. The van der Waals surface area contributed by atoms with Gasteiger partial charge in [0.25, 0.3) is 7.82 Å². The first-order chi connectivity index (χ1) is 7.94. The predicted octanol–water partition coefficient (Wildman–Crippen LogP) is 0.728. The van der Waals surface area contributed by atoms with E-state index in [0.717, 1.165) is 0 Å². The molecule has 0 heterocycles. The van der Waals surface area contributed by atoms with Gasteiger partial charge in [0.2, 0.25) is 0 Å². The summed E-state index contributed by atoms with van der Waals surface area (Å²) in [5.74, 6) is -0.457. The standard InChI is InChI=1S/C11H22NO5P/c1-9(2)11(13)10(3)17-18(14,15)16-8-7-12(4,5)6/h10H,1,7-8H2,2-6H3. The molecule has 0 aliphatic rings. The Kier molecular flexibility index (Phi) is 6.40. The van der Waals surface area contributed by atoms with Crippen molar-refractivity contribution in [1.29, 1.82) is 0 Å². The number of nitrogens with zero attached hydrogens (tertiary/aromatic N) is 1. The molecule has 0 N–H and O–H groups in total. The third-order valence-electron chi connectivity index (χ3n) is 2.09. The van der Waals surface area contributed by atoms with E-state index in [2.05, 4.69) is 15.6 Å². The van der Waals surface area contributed by atoms with Crippen LogP contribution in [0.1, 0.15) is 13.8 Å². The van der Waals surface area contributed by atoms with Gasteiger partial charge in [-0.15, -0.1) is 0 Å². The number of ketones is 1. The van der Waals surface area contributed by atoms with Crippen LogP contribution in [-0.2, 0) is 18.4 Å². The topological polar surface area (TPSA) is 75.7 Å². The predicted molar refractivity (Wildman–Crippen MR) is 66.8 cm³/mol. The maximum atomic E-state index is 11.4. The molecule has 0 saturated heterocycles. The minimum atomic E-state index is -4.45. The van der Waals surface area contributed by atoms with Crippen molar-refractivity contribution in [2.45, 2.75) is 20.0 Å². The van der Waals surface area contributed by atoms with E-state index in [1.165, 1.54) is 13.8 Å². The molecule has 0 radical (unpaired) electrons. The Hall–Kier alpha value is -0.520. The van der Waals surface area contributed by atoms with Gasteiger partial charge in [0, 0.05) is 0 Å². The van der Waals surface area contributed by atoms with Gasteiger partial charge in [0.1, 0.15) is 19.3 Å². The summed E-state index contributed by atoms with van der Waals surface area (Å²) in [7, 11) is 1.28. The van der Waals surface area contributed by atoms with Crippen LogP contribution >= 0.6 is 7.82 Å². The number of hydrogen-bond acceptors (Lipinski definition) is 5. The lowest BCUT2D eigenvalue weighted by molar-refractivity contribution is -0.870. The third-order valence-corrected chi connectivity index (χ3v) is 3.16. The molecule has 2 unspecified atom stereocenters. The summed E-state index contributed by atoms with van der Waals surface area (Å²) in [6, 6.07) is 0. The number of carbonyl (C=O) groups excluding carboxylic acids is 1. The molecule has 2 atom stereocenters. The summed E-state index contributed by atoms with van der Waals surface area (Å²) < 4.78 is 21.3. The molecule has 0 aliphatic heterocycles. The van der Waals surface area contributed by atoms with Crippen LogP contribution in [0, 0.1) is 0 Å². The van der Waals surface area contributed by atoms with Crippen molar-refractivity contribution in [2.75, 3.05) is 34.3 Å². The zero-order chi connectivity index (χ0) is 14.6. The summed E-state index contributed by atoms with van der Waals surface area (Å²) in [5.41, 5.74) is 0.244. The van der Waals surface area contributed by atoms with Gasteiger partial charge in [-0.25, -0.2) is 0 Å². The second kappa shape index (κ2) is 6.59. The molecule has 7 heteroatoms. The molecular formula is C11H22NO5P. The largest absolute Gasteiger partial charge is 0.756 e. The number of likely N-dealkylation sites (N-methyl/N-ethyl adjacent to an activating group) is 1. The molecule has 0 amide bonds. The zero-order valence-electron chi connectivity index (χ0n) is 11.6. The number of quaternary nitrogens is 1. The fourth-order valence-electron chi connectivity index (χ4n) is 1.05. The highest BCUT2D eigenvalue weighted by atomic mass is 31.2. The van der Waals surface area contributed by atoms with E-state index in [-0.39, 0.29) is 12.2 Å². The lowest BCUT2D eigenvalue weighted by Gasteiger charge is -2.28. The van der Waals surface area contributed by atoms with Crippen molar-refractivity contribution in [3.05, 3.63) is 12.2 Å². The maximum Gasteiger partial charge on any atom is 0.268 e. The van der Waals surface area contributed by atoms with Gasteiger partial charge in [-0.3, -0.25) is 9.36 Å². The Morgan fingerprint density at radius 3 is 2.33 bits per heavy atom. The molecule has 0 spiro atoms. The first-order valence-corrected chi connectivity index (χ1v) is 7.05. The Morgan fingerprint density at radius 2 is 1.94 bits per heavy atom. The average Bonchev–Trinajstić information content (AvgIpc) is 2.12. The molecule has 0 aromatic carbocycles. The minimum Gasteiger partial charge on any atom is -0.756 e. The van der Waals surface area contributed by atoms with E-state index < -0.39 is 19.7 Å². The van der Waals surface area contributed by atoms with Crippen LogP contribution in [0.25, 0.3) is 0 Å². The van der Waals surface area contributed by atoms with Gasteiger partial charge in [0.15, 0.2) is 5.78 Å². The van der Waals surface area contributed by atoms with Crippen molar-refractivity contribution in [1.82, 2.24) is 0 Å². The number of rotatable bonds is 8. The molecule has 0 aromatic rings. The van der Waals surface area contributed by atoms with Gasteiger partial charge < -0.3 is 18.4 Å². The van der Waals surface area contributed by atoms with E-state index in [0.29, 0.717) is 11.0 Å². The highest BCUT2D eigenvalue weighted by Crippen LogP contribution is 2.40. The van der Waals surface area contributed by atoms with Crippen molar-refractivity contribution in [3.63, 3.8) is 0 Å². The molecule has 6 nitrogen and oxygen atoms in total. The molecule has 0 rings (SSSR count). The Balaban J connectivity index is 4.27. The summed E-state index contributed by atoms with van der Waals surface area (Å²) in [6.45, 7) is 6.81. The fraction of sp³-hybridized carbons (Fsp3) is 0.727. The van der Waals surface area contributed by atoms with Gasteiger partial charge in [-0.2, -0.15) is 0 Å². The summed E-state index contributed by atoms with van der Waals surface area (Å²) in [6.07, 6.45) is -1.10. The van der Waals surface area contributed by atoms with Crippen LogP contribution in [0.15, 0.2) is 12.2 Å². The molecule has 0 bridgehead atoms. The van der Waals surface area contributed by atoms with Crippen molar-refractivity contribution >= 4 is 13.6 Å². The van der Waals surface area contributed by atoms with Crippen LogP contribution in [0.4, 0.5) is 0 Å². The van der Waals surface area contributed by atoms with Crippen LogP contribution < -0.4 is 4.89 Å². The number of phosphoric ester groups is 1. The number of Topliss-reactive ketones (excluding diaryl/α,β-unsaturated/α-hetero) is 1. The quantitative estimate of drug-likeness (QED) is 0.372. The van der Waals surface area contributed by atoms with Crippen LogP contribution in [-0.4, -0.2) is 50.7 Å². The van der Waals surface area contributed by atoms with E-state index in [4.69, 9.17) is 0 Å². The Labute approximate surface area is 108 Å². The highest BCUT2D eigenvalue weighted by Gasteiger charge is 2.21. The zero-order valence-corrected chi connectivity index (χ0v) is 12.5. The molecule has 0 aliphatic carbocycles. The second-order valence-corrected chi connectivity index (χ2v) is 6.55. The van der Waals surface area contributed by atoms with Crippen molar-refractivity contribution < 1.29 is 27.8 Å². The van der Waals surface area contributed by atoms with Crippen LogP contribution in [0.2, 0.25) is 0 Å². The van der Waals surface area contributed by atoms with E-state index in [9.17, 15) is 14.3 Å². The Morgan fingerprint density at radius 1 is 1.44 bits per heavy atom. The van der Waals surface area contributed by atoms with Gasteiger partial charge in [-0.1, -0.05) is 6.58 Å². The van der Waals surface area contributed by atoms with Crippen LogP contribution in [0.5, 0.6) is 0 Å². The number of hydrogen-bond donors (Lipinski definition) is 0. The molecule has 18 heavy (non-hydrogen) atoms. The third kappa shape index (κ3) is 7.74. The van der Waals surface area contributed by atoms with E-state index >= 15 is 0 Å². The Bertz CT molecular complexity index is 361. The van der Waals surface area contributed by atoms with Crippen LogP contribution in [0.3, 0.4) is 0 Å². The highest BCUT2D eigenvalue weighted by molar-refractivity contribution is 7.45. The molecule has 0 fully saturated rings. The van der Waals surface area contributed by atoms with Gasteiger partial charge in [0.05, 0.1) is 21.1 Å². The summed E-state index contributed by atoms with van der Waals surface area (Å²) >= 11 is 0. The smallest absolute Gasteiger partial charge is 0.268 e. The first-order valence-electron chi connectivity index (χ1n) is 5.59. The van der Waals surface area contributed by atoms with Crippen molar-refractivity contribution in [3.8, 4) is 0 Å². The second-order valence-electron chi connectivity index (χ2n) is 5.19. The maximum absolute atomic E-state index is 11.4. The molecule has 0 saturated carbocycles. The van der Waals surface area contributed by atoms with Gasteiger partial charge in [-0.05, 0) is 19.4 Å². The molecule has 0 aromatic heterocycles. The lowest BCUT2D eigenvalue weighted by atomic mass is 10.1. The van der Waals surface area contributed by atoms with E-state index in [1.807, 2.05) is 21.1 Å². The first kappa shape index (κ1) is 17.5. The van der Waals surface area contributed by atoms with E-state index in [1.54, 1.807) is 0 Å². The fourth-order valence-corrected chi connectivity index (χ4v) is 1.89. The SMILES string of the molecule is C=C(C)C(=O)C(C)OP(=O)([O-])OCC[N+](C)(C)C. The molecular weight excluding hydrogens is 257 g/mol. The monoisotopic (exact) mass is 279 g/mol. The molecule has 106 valence electrons. The number of carbonyl (C=O) groups is 1. The summed E-state index contributed by atoms with van der Waals surface area (Å²) in [4.78, 5) is 22.9. The average molecular weight is 279 g/mol. The minimum absolute atomic E-state index is 0.0122. The van der Waals surface area contributed by atoms with Gasteiger partial charge >= 0.3 is 0 Å². The normalized spacial score (nSPS) is 17.0. The van der Waals surface area contributed by atoms with Crippen molar-refractivity contribution in [2.24, 2.45) is 0 Å². The number of phosphoric acid groups is 1. The summed E-state index contributed by atoms with van der Waals surface area (Å²) in [5, 5.41) is 0.